The molecule has 2 N–H and O–H groups in total. The quantitative estimate of drug-likeness (QED) is 0.698. The second kappa shape index (κ2) is 8.49. The summed E-state index contributed by atoms with van der Waals surface area (Å²) in [5, 5.41) is 0. The number of aryl methyl sites for hydroxylation is 1. The Hall–Kier alpha value is -3.12. The van der Waals surface area contributed by atoms with Crippen LogP contribution in [-0.2, 0) is 11.2 Å². The molecule has 0 bridgehead atoms. The van der Waals surface area contributed by atoms with E-state index in [-0.39, 0.29) is 17.9 Å². The van der Waals surface area contributed by atoms with Gasteiger partial charge in [-0.05, 0) is 29.8 Å². The zero-order chi connectivity index (χ0) is 20.2. The van der Waals surface area contributed by atoms with Gasteiger partial charge in [0, 0.05) is 43.5 Å². The van der Waals surface area contributed by atoms with Gasteiger partial charge in [-0.3, -0.25) is 4.79 Å². The Kier molecular flexibility index (Phi) is 5.62. The Bertz CT molecular complexity index is 953. The molecule has 1 amide bonds. The van der Waals surface area contributed by atoms with Crippen molar-refractivity contribution in [3.63, 3.8) is 0 Å². The monoisotopic (exact) mass is 391 g/mol. The SMILES string of the molecule is COc1ccc(-c2cnc(CCC(=O)N3C[C@@H](N)[C@H](c4ccccc4)C3)o2)cc1. The van der Waals surface area contributed by atoms with Crippen molar-refractivity contribution in [3.05, 3.63) is 72.2 Å². The van der Waals surface area contributed by atoms with Gasteiger partial charge in [-0.1, -0.05) is 30.3 Å². The van der Waals surface area contributed by atoms with Crippen LogP contribution in [0.1, 0.15) is 23.8 Å². The molecule has 0 aliphatic carbocycles. The van der Waals surface area contributed by atoms with Gasteiger partial charge in [0.05, 0.1) is 13.3 Å². The van der Waals surface area contributed by atoms with Crippen molar-refractivity contribution >= 4 is 5.91 Å². The molecule has 150 valence electrons. The van der Waals surface area contributed by atoms with Crippen LogP contribution in [0.15, 0.2) is 65.2 Å². The van der Waals surface area contributed by atoms with Crippen molar-refractivity contribution in [2.24, 2.45) is 5.73 Å². The molecule has 29 heavy (non-hydrogen) atoms. The number of likely N-dealkylation sites (tertiary alicyclic amines) is 1. The number of ether oxygens (including phenoxy) is 1. The lowest BCUT2D eigenvalue weighted by molar-refractivity contribution is -0.130. The van der Waals surface area contributed by atoms with E-state index in [9.17, 15) is 4.79 Å². The Balaban J connectivity index is 1.33. The van der Waals surface area contributed by atoms with Crippen molar-refractivity contribution < 1.29 is 13.9 Å². The van der Waals surface area contributed by atoms with Crippen LogP contribution >= 0.6 is 0 Å². The van der Waals surface area contributed by atoms with Crippen LogP contribution in [-0.4, -0.2) is 42.0 Å². The second-order valence-electron chi connectivity index (χ2n) is 7.33. The molecule has 6 nitrogen and oxygen atoms in total. The number of hydrogen-bond donors (Lipinski definition) is 1. The summed E-state index contributed by atoms with van der Waals surface area (Å²) in [6, 6.07) is 17.7. The van der Waals surface area contributed by atoms with Gasteiger partial charge in [-0.15, -0.1) is 0 Å². The van der Waals surface area contributed by atoms with E-state index in [0.29, 0.717) is 37.6 Å². The number of benzene rings is 2. The molecule has 4 rings (SSSR count). The molecule has 1 aromatic heterocycles. The van der Waals surface area contributed by atoms with E-state index in [1.165, 1.54) is 5.56 Å². The highest BCUT2D eigenvalue weighted by Gasteiger charge is 2.33. The van der Waals surface area contributed by atoms with Gasteiger partial charge in [0.25, 0.3) is 0 Å². The minimum Gasteiger partial charge on any atom is -0.497 e. The van der Waals surface area contributed by atoms with Crippen LogP contribution in [0.3, 0.4) is 0 Å². The molecule has 1 fully saturated rings. The fraction of sp³-hybridized carbons (Fsp3) is 0.304. The summed E-state index contributed by atoms with van der Waals surface area (Å²) in [4.78, 5) is 18.9. The van der Waals surface area contributed by atoms with Crippen molar-refractivity contribution in [1.82, 2.24) is 9.88 Å². The van der Waals surface area contributed by atoms with Crippen molar-refractivity contribution in [2.45, 2.75) is 24.8 Å². The zero-order valence-corrected chi connectivity index (χ0v) is 16.5. The molecular weight excluding hydrogens is 366 g/mol. The highest BCUT2D eigenvalue weighted by molar-refractivity contribution is 5.77. The van der Waals surface area contributed by atoms with Crippen molar-refractivity contribution in [3.8, 4) is 17.1 Å². The zero-order valence-electron chi connectivity index (χ0n) is 16.5. The molecule has 1 saturated heterocycles. The number of rotatable bonds is 6. The third kappa shape index (κ3) is 4.32. The summed E-state index contributed by atoms with van der Waals surface area (Å²) in [5.74, 6) is 2.30. The molecular formula is C23H25N3O3. The number of methoxy groups -OCH3 is 1. The number of carbonyl (C=O) groups is 1. The van der Waals surface area contributed by atoms with Crippen LogP contribution in [0.25, 0.3) is 11.3 Å². The number of carbonyl (C=O) groups excluding carboxylic acids is 1. The van der Waals surface area contributed by atoms with E-state index in [2.05, 4.69) is 17.1 Å². The molecule has 6 heteroatoms. The molecule has 0 radical (unpaired) electrons. The summed E-state index contributed by atoms with van der Waals surface area (Å²) in [6.07, 6.45) is 2.52. The summed E-state index contributed by atoms with van der Waals surface area (Å²) in [7, 11) is 1.63. The number of amides is 1. The maximum atomic E-state index is 12.7. The number of nitrogens with zero attached hydrogens (tertiary/aromatic N) is 2. The minimum absolute atomic E-state index is 0.0373. The first kappa shape index (κ1) is 19.2. The van der Waals surface area contributed by atoms with E-state index in [1.807, 2.05) is 47.4 Å². The number of hydrogen-bond acceptors (Lipinski definition) is 5. The van der Waals surface area contributed by atoms with Crippen LogP contribution in [0.5, 0.6) is 5.75 Å². The second-order valence-corrected chi connectivity index (χ2v) is 7.33. The van der Waals surface area contributed by atoms with Gasteiger partial charge < -0.3 is 19.8 Å². The van der Waals surface area contributed by atoms with E-state index < -0.39 is 0 Å². The third-order valence-corrected chi connectivity index (χ3v) is 5.43. The van der Waals surface area contributed by atoms with Crippen molar-refractivity contribution in [2.75, 3.05) is 20.2 Å². The first-order chi connectivity index (χ1) is 14.1. The number of nitrogens with two attached hydrogens (primary N) is 1. The van der Waals surface area contributed by atoms with Crippen LogP contribution in [0.4, 0.5) is 0 Å². The molecule has 3 aromatic rings. The predicted octanol–water partition coefficient (Wildman–Crippen LogP) is 3.24. The van der Waals surface area contributed by atoms with E-state index >= 15 is 0 Å². The van der Waals surface area contributed by atoms with Gasteiger partial charge in [0.1, 0.15) is 5.75 Å². The molecule has 0 spiro atoms. The molecule has 1 aliphatic heterocycles. The lowest BCUT2D eigenvalue weighted by Gasteiger charge is -2.16. The van der Waals surface area contributed by atoms with Crippen LogP contribution in [0, 0.1) is 0 Å². The van der Waals surface area contributed by atoms with Gasteiger partial charge in [0.15, 0.2) is 11.7 Å². The average Bonchev–Trinajstić information content (AvgIpc) is 3.39. The minimum atomic E-state index is -0.0373. The van der Waals surface area contributed by atoms with Gasteiger partial charge in [-0.2, -0.15) is 0 Å². The fourth-order valence-electron chi connectivity index (χ4n) is 3.77. The van der Waals surface area contributed by atoms with Crippen molar-refractivity contribution in [1.29, 1.82) is 0 Å². The third-order valence-electron chi connectivity index (χ3n) is 5.43. The molecule has 0 unspecified atom stereocenters. The summed E-state index contributed by atoms with van der Waals surface area (Å²) in [6.45, 7) is 1.24. The van der Waals surface area contributed by atoms with Gasteiger partial charge in [0.2, 0.25) is 5.91 Å². The summed E-state index contributed by atoms with van der Waals surface area (Å²) < 4.78 is 11.0. The van der Waals surface area contributed by atoms with Crippen LogP contribution in [0.2, 0.25) is 0 Å². The Morgan fingerprint density at radius 2 is 1.93 bits per heavy atom. The standard InChI is InChI=1S/C23H25N3O3/c1-28-18-9-7-17(8-10-18)21-13-25-22(29-21)11-12-23(27)26-14-19(20(24)15-26)16-5-3-2-4-6-16/h2-10,13,19-20H,11-12,14-15,24H2,1H3/t19-,20+/m0/s1. The molecule has 2 heterocycles. The van der Waals surface area contributed by atoms with Crippen LogP contribution < -0.4 is 10.5 Å². The summed E-state index contributed by atoms with van der Waals surface area (Å²) in [5.41, 5.74) is 8.41. The summed E-state index contributed by atoms with van der Waals surface area (Å²) >= 11 is 0. The number of aromatic nitrogens is 1. The van der Waals surface area contributed by atoms with E-state index in [0.717, 1.165) is 11.3 Å². The highest BCUT2D eigenvalue weighted by Crippen LogP contribution is 2.27. The van der Waals surface area contributed by atoms with E-state index in [4.69, 9.17) is 14.9 Å². The average molecular weight is 391 g/mol. The Morgan fingerprint density at radius 1 is 1.17 bits per heavy atom. The van der Waals surface area contributed by atoms with Gasteiger partial charge >= 0.3 is 0 Å². The largest absolute Gasteiger partial charge is 0.497 e. The highest BCUT2D eigenvalue weighted by atomic mass is 16.5. The molecule has 1 aliphatic rings. The maximum absolute atomic E-state index is 12.7. The smallest absolute Gasteiger partial charge is 0.223 e. The maximum Gasteiger partial charge on any atom is 0.223 e. The Labute approximate surface area is 170 Å². The molecule has 0 saturated carbocycles. The normalized spacial score (nSPS) is 18.8. The predicted molar refractivity (Wildman–Crippen MR) is 111 cm³/mol. The lowest BCUT2D eigenvalue weighted by atomic mass is 9.95. The van der Waals surface area contributed by atoms with Gasteiger partial charge in [-0.25, -0.2) is 4.98 Å². The topological polar surface area (TPSA) is 81.6 Å². The van der Waals surface area contributed by atoms with E-state index in [1.54, 1.807) is 13.3 Å². The molecule has 2 atom stereocenters. The fourth-order valence-corrected chi connectivity index (χ4v) is 3.77. The lowest BCUT2D eigenvalue weighted by Crippen LogP contribution is -2.32. The first-order valence-electron chi connectivity index (χ1n) is 9.81. The Morgan fingerprint density at radius 3 is 2.66 bits per heavy atom. The molecule has 2 aromatic carbocycles. The number of oxazole rings is 1. The first-order valence-corrected chi connectivity index (χ1v) is 9.81.